The van der Waals surface area contributed by atoms with Gasteiger partial charge in [-0.15, -0.1) is 0 Å². The first-order valence-corrected chi connectivity index (χ1v) is 5.66. The Balaban J connectivity index is 1.52. The highest BCUT2D eigenvalue weighted by molar-refractivity contribution is 4.99. The van der Waals surface area contributed by atoms with Crippen molar-refractivity contribution in [2.45, 2.75) is 26.4 Å². The molecule has 82 valence electrons. The van der Waals surface area contributed by atoms with Crippen LogP contribution >= 0.6 is 0 Å². The molecule has 3 nitrogen and oxygen atoms in total. The summed E-state index contributed by atoms with van der Waals surface area (Å²) in [7, 11) is 0. The summed E-state index contributed by atoms with van der Waals surface area (Å²) in [6.07, 6.45) is 1.52. The number of nitrogens with zero attached hydrogens (tertiary/aromatic N) is 1. The first-order chi connectivity index (χ1) is 6.74. The van der Waals surface area contributed by atoms with Gasteiger partial charge in [-0.2, -0.15) is 0 Å². The van der Waals surface area contributed by atoms with Crippen LogP contribution in [0.25, 0.3) is 0 Å². The van der Waals surface area contributed by atoms with Crippen LogP contribution in [0.4, 0.5) is 0 Å². The molecule has 0 N–H and O–H groups in total. The second kappa shape index (κ2) is 4.17. The topological polar surface area (TPSA) is 21.7 Å². The van der Waals surface area contributed by atoms with Crippen molar-refractivity contribution in [2.75, 3.05) is 39.5 Å². The fourth-order valence-electron chi connectivity index (χ4n) is 2.13. The molecule has 0 radical (unpaired) electrons. The summed E-state index contributed by atoms with van der Waals surface area (Å²) in [5, 5.41) is 0. The van der Waals surface area contributed by atoms with E-state index in [2.05, 4.69) is 18.7 Å². The van der Waals surface area contributed by atoms with E-state index in [4.69, 9.17) is 9.47 Å². The van der Waals surface area contributed by atoms with E-state index < -0.39 is 0 Å². The first-order valence-electron chi connectivity index (χ1n) is 5.66. The maximum Gasteiger partial charge on any atom is 0.0597 e. The van der Waals surface area contributed by atoms with Crippen LogP contribution in [0.3, 0.4) is 0 Å². The maximum absolute atomic E-state index is 5.64. The highest BCUT2D eigenvalue weighted by atomic mass is 16.5. The van der Waals surface area contributed by atoms with Gasteiger partial charge in [-0.3, -0.25) is 4.90 Å². The van der Waals surface area contributed by atoms with Crippen LogP contribution in [-0.4, -0.2) is 50.5 Å². The van der Waals surface area contributed by atoms with Gasteiger partial charge in [0, 0.05) is 25.0 Å². The lowest BCUT2D eigenvalue weighted by Gasteiger charge is -2.55. The molecule has 0 bridgehead atoms. The Labute approximate surface area is 86.4 Å². The summed E-state index contributed by atoms with van der Waals surface area (Å²) in [4.78, 5) is 2.46. The third-order valence-electron chi connectivity index (χ3n) is 3.32. The molecule has 2 aliphatic rings. The molecular formula is C11H21NO2. The number of likely N-dealkylation sites (tertiary alicyclic amines) is 1. The maximum atomic E-state index is 5.64. The Bertz CT molecular complexity index is 184. The molecule has 2 heterocycles. The number of hydrogen-bond donors (Lipinski definition) is 0. The molecule has 0 aliphatic carbocycles. The number of rotatable bonds is 5. The smallest absolute Gasteiger partial charge is 0.0597 e. The average Bonchev–Trinajstić information content (AvgIpc) is 2.05. The lowest BCUT2D eigenvalue weighted by atomic mass is 9.78. The lowest BCUT2D eigenvalue weighted by Crippen LogP contribution is -2.66. The van der Waals surface area contributed by atoms with Crippen molar-refractivity contribution in [3.8, 4) is 0 Å². The Hall–Kier alpha value is -0.120. The highest BCUT2D eigenvalue weighted by Gasteiger charge is 2.48. The second-order valence-corrected chi connectivity index (χ2v) is 4.79. The van der Waals surface area contributed by atoms with Crippen LogP contribution in [0.1, 0.15) is 20.3 Å². The second-order valence-electron chi connectivity index (χ2n) is 4.79. The monoisotopic (exact) mass is 199 g/mol. The molecule has 14 heavy (non-hydrogen) atoms. The van der Waals surface area contributed by atoms with Crippen LogP contribution in [0.5, 0.6) is 0 Å². The third-order valence-corrected chi connectivity index (χ3v) is 3.32. The number of ether oxygens (including phenoxy) is 2. The Morgan fingerprint density at radius 1 is 1.43 bits per heavy atom. The van der Waals surface area contributed by atoms with Crippen molar-refractivity contribution >= 4 is 0 Å². The zero-order chi connectivity index (χ0) is 10.0. The van der Waals surface area contributed by atoms with Crippen molar-refractivity contribution in [2.24, 2.45) is 5.41 Å². The summed E-state index contributed by atoms with van der Waals surface area (Å²) in [6, 6.07) is 0. The molecule has 2 saturated heterocycles. The molecule has 0 saturated carbocycles. The SMILES string of the molecule is CCC(C)OCCN1CC2(COC2)C1. The molecule has 2 aliphatic heterocycles. The fraction of sp³-hybridized carbons (Fsp3) is 1.00. The van der Waals surface area contributed by atoms with Gasteiger partial charge in [0.2, 0.25) is 0 Å². The Kier molecular flexibility index (Phi) is 3.10. The van der Waals surface area contributed by atoms with Crippen molar-refractivity contribution in [3.63, 3.8) is 0 Å². The van der Waals surface area contributed by atoms with E-state index >= 15 is 0 Å². The standard InChI is InChI=1S/C11H21NO2/c1-3-10(2)14-5-4-12-6-11(7-12)8-13-9-11/h10H,3-9H2,1-2H3. The molecule has 0 amide bonds. The average molecular weight is 199 g/mol. The summed E-state index contributed by atoms with van der Waals surface area (Å²) >= 11 is 0. The zero-order valence-corrected chi connectivity index (χ0v) is 9.29. The third kappa shape index (κ3) is 2.10. The van der Waals surface area contributed by atoms with Crippen molar-refractivity contribution < 1.29 is 9.47 Å². The molecular weight excluding hydrogens is 178 g/mol. The predicted octanol–water partition coefficient (Wildman–Crippen LogP) is 1.13. The Morgan fingerprint density at radius 3 is 2.64 bits per heavy atom. The van der Waals surface area contributed by atoms with E-state index in [9.17, 15) is 0 Å². The van der Waals surface area contributed by atoms with Gasteiger partial charge in [-0.1, -0.05) is 6.92 Å². The molecule has 0 aromatic heterocycles. The van der Waals surface area contributed by atoms with Crippen LogP contribution in [0.2, 0.25) is 0 Å². The van der Waals surface area contributed by atoms with Crippen LogP contribution in [-0.2, 0) is 9.47 Å². The quantitative estimate of drug-likeness (QED) is 0.662. The van der Waals surface area contributed by atoms with Gasteiger partial charge in [-0.25, -0.2) is 0 Å². The zero-order valence-electron chi connectivity index (χ0n) is 9.29. The molecule has 0 aromatic carbocycles. The molecule has 2 rings (SSSR count). The van der Waals surface area contributed by atoms with E-state index in [0.29, 0.717) is 11.5 Å². The summed E-state index contributed by atoms with van der Waals surface area (Å²) < 4.78 is 10.9. The molecule has 0 aromatic rings. The van der Waals surface area contributed by atoms with Gasteiger partial charge in [0.05, 0.1) is 25.9 Å². The summed E-state index contributed by atoms with van der Waals surface area (Å²) in [6.45, 7) is 10.7. The van der Waals surface area contributed by atoms with Crippen molar-refractivity contribution in [3.05, 3.63) is 0 Å². The summed E-state index contributed by atoms with van der Waals surface area (Å²) in [5.41, 5.74) is 0.552. The minimum Gasteiger partial charge on any atom is -0.380 e. The van der Waals surface area contributed by atoms with Crippen LogP contribution in [0.15, 0.2) is 0 Å². The molecule has 3 heteroatoms. The largest absolute Gasteiger partial charge is 0.380 e. The van der Waals surface area contributed by atoms with Crippen molar-refractivity contribution in [1.82, 2.24) is 4.90 Å². The van der Waals surface area contributed by atoms with Gasteiger partial charge in [-0.05, 0) is 13.3 Å². The van der Waals surface area contributed by atoms with Crippen molar-refractivity contribution in [1.29, 1.82) is 0 Å². The van der Waals surface area contributed by atoms with Gasteiger partial charge in [0.1, 0.15) is 0 Å². The summed E-state index contributed by atoms with van der Waals surface area (Å²) in [5.74, 6) is 0. The molecule has 1 atom stereocenters. The van der Waals surface area contributed by atoms with Gasteiger partial charge >= 0.3 is 0 Å². The van der Waals surface area contributed by atoms with E-state index in [0.717, 1.165) is 32.8 Å². The van der Waals surface area contributed by atoms with E-state index in [-0.39, 0.29) is 0 Å². The Morgan fingerprint density at radius 2 is 2.14 bits per heavy atom. The molecule has 1 spiro atoms. The van der Waals surface area contributed by atoms with Gasteiger partial charge < -0.3 is 9.47 Å². The lowest BCUT2D eigenvalue weighted by molar-refractivity contribution is -0.191. The van der Waals surface area contributed by atoms with E-state index in [1.807, 2.05) is 0 Å². The fourth-order valence-corrected chi connectivity index (χ4v) is 2.13. The van der Waals surface area contributed by atoms with Crippen LogP contribution in [0, 0.1) is 5.41 Å². The van der Waals surface area contributed by atoms with E-state index in [1.165, 1.54) is 13.1 Å². The molecule has 2 fully saturated rings. The molecule has 1 unspecified atom stereocenters. The first kappa shape index (κ1) is 10.4. The van der Waals surface area contributed by atoms with Gasteiger partial charge in [0.15, 0.2) is 0 Å². The van der Waals surface area contributed by atoms with E-state index in [1.54, 1.807) is 0 Å². The minimum atomic E-state index is 0.414. The number of hydrogen-bond acceptors (Lipinski definition) is 3. The predicted molar refractivity (Wildman–Crippen MR) is 55.4 cm³/mol. The van der Waals surface area contributed by atoms with Gasteiger partial charge in [0.25, 0.3) is 0 Å². The normalized spacial score (nSPS) is 27.0. The minimum absolute atomic E-state index is 0.414. The highest BCUT2D eigenvalue weighted by Crippen LogP contribution is 2.36. The van der Waals surface area contributed by atoms with Crippen LogP contribution < -0.4 is 0 Å².